The molecule has 3 nitrogen and oxygen atoms in total. The fourth-order valence-electron chi connectivity index (χ4n) is 2.80. The van der Waals surface area contributed by atoms with Crippen LogP contribution in [-0.4, -0.2) is 11.5 Å². The molecule has 3 rings (SSSR count). The Bertz CT molecular complexity index is 594. The number of nitrogens with one attached hydrogen (secondary N) is 1. The van der Waals surface area contributed by atoms with Crippen LogP contribution in [-0.2, 0) is 0 Å². The fourth-order valence-corrected chi connectivity index (χ4v) is 2.80. The highest BCUT2D eigenvalue weighted by Crippen LogP contribution is 2.40. The molecule has 2 heterocycles. The molecule has 1 N–H and O–H groups in total. The van der Waals surface area contributed by atoms with Crippen LogP contribution < -0.4 is 10.1 Å². The number of pyridine rings is 1. The summed E-state index contributed by atoms with van der Waals surface area (Å²) in [7, 11) is 0. The van der Waals surface area contributed by atoms with Crippen LogP contribution in [0.25, 0.3) is 0 Å². The summed E-state index contributed by atoms with van der Waals surface area (Å²) >= 11 is 0. The van der Waals surface area contributed by atoms with Crippen LogP contribution in [0.4, 0.5) is 0 Å². The van der Waals surface area contributed by atoms with Gasteiger partial charge in [0.15, 0.2) is 0 Å². The Morgan fingerprint density at radius 3 is 2.86 bits per heavy atom. The molecule has 0 radical (unpaired) electrons. The summed E-state index contributed by atoms with van der Waals surface area (Å²) in [6, 6.07) is 12.9. The van der Waals surface area contributed by atoms with Gasteiger partial charge in [-0.2, -0.15) is 0 Å². The van der Waals surface area contributed by atoms with Crippen molar-refractivity contribution in [3.63, 3.8) is 0 Å². The Kier molecular flexibility index (Phi) is 4.20. The van der Waals surface area contributed by atoms with E-state index in [0.717, 1.165) is 36.4 Å². The van der Waals surface area contributed by atoms with Gasteiger partial charge in [0, 0.05) is 35.5 Å². The number of aryl methyl sites for hydroxylation is 1. The van der Waals surface area contributed by atoms with Gasteiger partial charge in [-0.1, -0.05) is 31.2 Å². The largest absolute Gasteiger partial charge is 0.485 e. The molecule has 110 valence electrons. The molecule has 21 heavy (non-hydrogen) atoms. The first-order valence-electron chi connectivity index (χ1n) is 7.69. The minimum atomic E-state index is 0.0716. The van der Waals surface area contributed by atoms with Gasteiger partial charge >= 0.3 is 0 Å². The molecule has 0 saturated carbocycles. The van der Waals surface area contributed by atoms with Crippen LogP contribution in [0.3, 0.4) is 0 Å². The number of benzene rings is 1. The Labute approximate surface area is 126 Å². The van der Waals surface area contributed by atoms with Crippen LogP contribution in [0.15, 0.2) is 42.6 Å². The van der Waals surface area contributed by atoms with E-state index in [9.17, 15) is 0 Å². The average molecular weight is 282 g/mol. The van der Waals surface area contributed by atoms with E-state index in [1.165, 1.54) is 5.56 Å². The molecule has 0 fully saturated rings. The molecule has 1 aliphatic rings. The molecule has 0 amide bonds. The number of rotatable bonds is 4. The van der Waals surface area contributed by atoms with Crippen LogP contribution in [0.5, 0.6) is 5.75 Å². The lowest BCUT2D eigenvalue weighted by molar-refractivity contribution is 0.151. The zero-order valence-corrected chi connectivity index (χ0v) is 12.7. The molecule has 2 unspecified atom stereocenters. The molecule has 1 aromatic heterocycles. The van der Waals surface area contributed by atoms with E-state index < -0.39 is 0 Å². The summed E-state index contributed by atoms with van der Waals surface area (Å²) in [5, 5.41) is 3.64. The maximum Gasteiger partial charge on any atom is 0.127 e. The molecule has 0 bridgehead atoms. The third-order valence-electron chi connectivity index (χ3n) is 3.96. The standard InChI is InChI=1S/C18H22N2O/c1-3-10-19-16-11-18(14-9-8-13(2)20-12-14)21-17-7-5-4-6-15(16)17/h4-9,12,16,18-19H,3,10-11H2,1-2H3. The van der Waals surface area contributed by atoms with E-state index in [0.29, 0.717) is 6.04 Å². The van der Waals surface area contributed by atoms with Gasteiger partial charge in [0.1, 0.15) is 11.9 Å². The van der Waals surface area contributed by atoms with E-state index >= 15 is 0 Å². The van der Waals surface area contributed by atoms with Crippen molar-refractivity contribution in [3.05, 3.63) is 59.4 Å². The van der Waals surface area contributed by atoms with Crippen molar-refractivity contribution in [1.29, 1.82) is 0 Å². The molecule has 1 aliphatic heterocycles. The summed E-state index contributed by atoms with van der Waals surface area (Å²) < 4.78 is 6.19. The van der Waals surface area contributed by atoms with E-state index in [-0.39, 0.29) is 6.10 Å². The van der Waals surface area contributed by atoms with Gasteiger partial charge in [0.05, 0.1) is 0 Å². The summed E-state index contributed by atoms with van der Waals surface area (Å²) in [5.74, 6) is 0.989. The summed E-state index contributed by atoms with van der Waals surface area (Å²) in [6.07, 6.45) is 4.09. The molecule has 0 saturated heterocycles. The molecule has 2 atom stereocenters. The summed E-state index contributed by atoms with van der Waals surface area (Å²) in [4.78, 5) is 4.40. The maximum absolute atomic E-state index is 6.19. The fraction of sp³-hybridized carbons (Fsp3) is 0.389. The third kappa shape index (κ3) is 3.08. The highest BCUT2D eigenvalue weighted by Gasteiger charge is 2.28. The maximum atomic E-state index is 6.19. The van der Waals surface area contributed by atoms with Crippen LogP contribution in [0.2, 0.25) is 0 Å². The first kappa shape index (κ1) is 14.1. The van der Waals surface area contributed by atoms with Crippen LogP contribution in [0.1, 0.15) is 48.7 Å². The van der Waals surface area contributed by atoms with Crippen LogP contribution in [0, 0.1) is 6.92 Å². The van der Waals surface area contributed by atoms with Crippen molar-refractivity contribution in [1.82, 2.24) is 10.3 Å². The van der Waals surface area contributed by atoms with Gasteiger partial charge in [0.2, 0.25) is 0 Å². The molecule has 2 aromatic rings. The molecule has 0 spiro atoms. The van der Waals surface area contributed by atoms with Gasteiger partial charge in [-0.15, -0.1) is 0 Å². The zero-order chi connectivity index (χ0) is 14.7. The van der Waals surface area contributed by atoms with Crippen molar-refractivity contribution in [3.8, 4) is 5.75 Å². The summed E-state index contributed by atoms with van der Waals surface area (Å²) in [5.41, 5.74) is 3.45. The minimum absolute atomic E-state index is 0.0716. The van der Waals surface area contributed by atoms with Crippen molar-refractivity contribution >= 4 is 0 Å². The summed E-state index contributed by atoms with van der Waals surface area (Å²) in [6.45, 7) is 5.23. The van der Waals surface area contributed by atoms with Crippen molar-refractivity contribution in [2.75, 3.05) is 6.54 Å². The lowest BCUT2D eigenvalue weighted by Gasteiger charge is -2.33. The Hall–Kier alpha value is -1.87. The number of ether oxygens (including phenoxy) is 1. The van der Waals surface area contributed by atoms with Gasteiger partial charge in [-0.25, -0.2) is 0 Å². The second-order valence-electron chi connectivity index (χ2n) is 5.62. The number of para-hydroxylation sites is 1. The molecule has 3 heteroatoms. The quantitative estimate of drug-likeness (QED) is 0.922. The predicted molar refractivity (Wildman–Crippen MR) is 84.4 cm³/mol. The van der Waals surface area contributed by atoms with Gasteiger partial charge in [0.25, 0.3) is 0 Å². The predicted octanol–water partition coefficient (Wildman–Crippen LogP) is 3.95. The molecule has 0 aliphatic carbocycles. The Balaban J connectivity index is 1.87. The molecular formula is C18H22N2O. The van der Waals surface area contributed by atoms with E-state index in [1.807, 2.05) is 25.3 Å². The number of hydrogen-bond acceptors (Lipinski definition) is 3. The number of hydrogen-bond donors (Lipinski definition) is 1. The van der Waals surface area contributed by atoms with Gasteiger partial charge in [-0.05, 0) is 32.0 Å². The normalized spacial score (nSPS) is 20.7. The lowest BCUT2D eigenvalue weighted by Crippen LogP contribution is -2.29. The first-order chi connectivity index (χ1) is 10.3. The van der Waals surface area contributed by atoms with Gasteiger partial charge in [-0.3, -0.25) is 4.98 Å². The van der Waals surface area contributed by atoms with Crippen LogP contribution >= 0.6 is 0 Å². The number of nitrogens with zero attached hydrogens (tertiary/aromatic N) is 1. The monoisotopic (exact) mass is 282 g/mol. The lowest BCUT2D eigenvalue weighted by atomic mass is 9.93. The highest BCUT2D eigenvalue weighted by atomic mass is 16.5. The second kappa shape index (κ2) is 6.27. The first-order valence-corrected chi connectivity index (χ1v) is 7.69. The van der Waals surface area contributed by atoms with E-state index in [2.05, 4.69) is 41.5 Å². The topological polar surface area (TPSA) is 34.2 Å². The van der Waals surface area contributed by atoms with Crippen molar-refractivity contribution in [2.45, 2.75) is 38.8 Å². The molecular weight excluding hydrogens is 260 g/mol. The zero-order valence-electron chi connectivity index (χ0n) is 12.7. The average Bonchev–Trinajstić information content (AvgIpc) is 2.53. The number of aromatic nitrogens is 1. The SMILES string of the molecule is CCCNC1CC(c2ccc(C)nc2)Oc2ccccc21. The van der Waals surface area contributed by atoms with Crippen molar-refractivity contribution in [2.24, 2.45) is 0 Å². The van der Waals surface area contributed by atoms with E-state index in [1.54, 1.807) is 0 Å². The highest BCUT2D eigenvalue weighted by molar-refractivity contribution is 5.39. The smallest absolute Gasteiger partial charge is 0.127 e. The van der Waals surface area contributed by atoms with Crippen molar-refractivity contribution < 1.29 is 4.74 Å². The third-order valence-corrected chi connectivity index (χ3v) is 3.96. The Morgan fingerprint density at radius 2 is 2.10 bits per heavy atom. The molecule has 1 aromatic carbocycles. The Morgan fingerprint density at radius 1 is 1.24 bits per heavy atom. The number of fused-ring (bicyclic) bond motifs is 1. The van der Waals surface area contributed by atoms with E-state index in [4.69, 9.17) is 4.74 Å². The second-order valence-corrected chi connectivity index (χ2v) is 5.62. The minimum Gasteiger partial charge on any atom is -0.485 e. The van der Waals surface area contributed by atoms with Gasteiger partial charge < -0.3 is 10.1 Å².